The summed E-state index contributed by atoms with van der Waals surface area (Å²) in [4.78, 5) is 7.34. The van der Waals surface area contributed by atoms with E-state index in [1.807, 2.05) is 6.20 Å². The molecule has 3 aliphatic rings. The normalized spacial score (nSPS) is 27.5. The van der Waals surface area contributed by atoms with Gasteiger partial charge in [-0.05, 0) is 70.0 Å². The maximum Gasteiger partial charge on any atom is 0.111 e. The highest BCUT2D eigenvalue weighted by molar-refractivity contribution is 5.03. The van der Waals surface area contributed by atoms with Crippen LogP contribution < -0.4 is 0 Å². The highest BCUT2D eigenvalue weighted by Crippen LogP contribution is 2.33. The third kappa shape index (κ3) is 3.54. The van der Waals surface area contributed by atoms with Crippen molar-refractivity contribution in [3.63, 3.8) is 0 Å². The third-order valence-electron chi connectivity index (χ3n) is 5.73. The first-order valence-electron chi connectivity index (χ1n) is 9.19. The van der Waals surface area contributed by atoms with Crippen LogP contribution in [0.1, 0.15) is 50.3 Å². The van der Waals surface area contributed by atoms with Gasteiger partial charge >= 0.3 is 0 Å². The molecule has 3 heterocycles. The van der Waals surface area contributed by atoms with Crippen molar-refractivity contribution in [2.75, 3.05) is 32.8 Å². The van der Waals surface area contributed by atoms with Crippen LogP contribution in [0, 0.1) is 11.8 Å². The maximum absolute atomic E-state index is 5.48. The second-order valence-electron chi connectivity index (χ2n) is 7.52. The fraction of sp³-hybridized carbons (Fsp3) is 0.833. The summed E-state index contributed by atoms with van der Waals surface area (Å²) in [6.45, 7) is 6.93. The molecule has 0 bridgehead atoms. The van der Waals surface area contributed by atoms with Gasteiger partial charge in [0.15, 0.2) is 0 Å². The standard InChI is InChI=1S/C18H29N3O/c1-2-15(1)13-21-11-7-19-18(21)17-4-9-20(10-5-17)8-3-16-6-12-22-14-16/h7,11,15-17H,1-6,8-10,12-14H2/t16-/m1/s1. The van der Waals surface area contributed by atoms with Gasteiger partial charge in [-0.3, -0.25) is 0 Å². The van der Waals surface area contributed by atoms with E-state index in [9.17, 15) is 0 Å². The summed E-state index contributed by atoms with van der Waals surface area (Å²) in [6, 6.07) is 0. The van der Waals surface area contributed by atoms with Gasteiger partial charge in [0, 0.05) is 38.1 Å². The summed E-state index contributed by atoms with van der Waals surface area (Å²) in [6.07, 6.45) is 12.2. The number of piperidine rings is 1. The molecule has 1 aliphatic carbocycles. The van der Waals surface area contributed by atoms with E-state index in [0.29, 0.717) is 5.92 Å². The first kappa shape index (κ1) is 14.7. The summed E-state index contributed by atoms with van der Waals surface area (Å²) in [5.74, 6) is 3.78. The molecule has 1 aromatic rings. The van der Waals surface area contributed by atoms with Crippen LogP contribution in [0.15, 0.2) is 12.4 Å². The average Bonchev–Trinajstić information content (AvgIpc) is 3.02. The van der Waals surface area contributed by atoms with Crippen molar-refractivity contribution in [2.45, 2.75) is 51.0 Å². The molecule has 0 N–H and O–H groups in total. The number of rotatable bonds is 6. The quantitative estimate of drug-likeness (QED) is 0.809. The van der Waals surface area contributed by atoms with Gasteiger partial charge in [-0.15, -0.1) is 0 Å². The molecule has 0 unspecified atom stereocenters. The fourth-order valence-corrected chi connectivity index (χ4v) is 4.00. The SMILES string of the molecule is c1cn(CC2CC2)c(C2CCN(CC[C@@H]3CCOC3)CC2)n1. The van der Waals surface area contributed by atoms with Crippen molar-refractivity contribution >= 4 is 0 Å². The molecule has 1 saturated carbocycles. The van der Waals surface area contributed by atoms with E-state index in [1.54, 1.807) is 0 Å². The van der Waals surface area contributed by atoms with E-state index >= 15 is 0 Å². The number of hydrogen-bond donors (Lipinski definition) is 0. The molecular formula is C18H29N3O. The van der Waals surface area contributed by atoms with Crippen LogP contribution in [0.3, 0.4) is 0 Å². The topological polar surface area (TPSA) is 30.3 Å². The van der Waals surface area contributed by atoms with Gasteiger partial charge in [0.2, 0.25) is 0 Å². The molecule has 4 rings (SSSR count). The van der Waals surface area contributed by atoms with Crippen molar-refractivity contribution in [1.82, 2.24) is 14.5 Å². The zero-order valence-electron chi connectivity index (χ0n) is 13.6. The van der Waals surface area contributed by atoms with Crippen LogP contribution in [0.4, 0.5) is 0 Å². The summed E-state index contributed by atoms with van der Waals surface area (Å²) in [5.41, 5.74) is 0. The van der Waals surface area contributed by atoms with Gasteiger partial charge in [-0.1, -0.05) is 0 Å². The number of ether oxygens (including phenoxy) is 1. The lowest BCUT2D eigenvalue weighted by atomic mass is 9.95. The van der Waals surface area contributed by atoms with Crippen LogP contribution in [0.25, 0.3) is 0 Å². The Hall–Kier alpha value is -0.870. The lowest BCUT2D eigenvalue weighted by Gasteiger charge is -2.32. The van der Waals surface area contributed by atoms with Crippen molar-refractivity contribution in [3.8, 4) is 0 Å². The molecule has 0 radical (unpaired) electrons. The molecule has 1 aromatic heterocycles. The Morgan fingerprint density at radius 1 is 1.09 bits per heavy atom. The van der Waals surface area contributed by atoms with E-state index in [1.165, 1.54) is 70.5 Å². The molecule has 2 saturated heterocycles. The fourth-order valence-electron chi connectivity index (χ4n) is 4.00. The van der Waals surface area contributed by atoms with Crippen molar-refractivity contribution < 1.29 is 4.74 Å². The Bertz CT molecular complexity index is 468. The molecule has 2 aliphatic heterocycles. The highest BCUT2D eigenvalue weighted by Gasteiger charge is 2.27. The molecule has 1 atom stereocenters. The Morgan fingerprint density at radius 2 is 1.95 bits per heavy atom. The summed E-state index contributed by atoms with van der Waals surface area (Å²) in [5, 5.41) is 0. The number of likely N-dealkylation sites (tertiary alicyclic amines) is 1. The summed E-state index contributed by atoms with van der Waals surface area (Å²) in [7, 11) is 0. The molecule has 122 valence electrons. The molecule has 4 nitrogen and oxygen atoms in total. The third-order valence-corrected chi connectivity index (χ3v) is 5.73. The van der Waals surface area contributed by atoms with Gasteiger partial charge in [0.1, 0.15) is 5.82 Å². The van der Waals surface area contributed by atoms with Gasteiger partial charge in [0.25, 0.3) is 0 Å². The molecular weight excluding hydrogens is 274 g/mol. The highest BCUT2D eigenvalue weighted by atomic mass is 16.5. The van der Waals surface area contributed by atoms with Crippen LogP contribution in [-0.4, -0.2) is 47.3 Å². The minimum atomic E-state index is 0.680. The number of imidazole rings is 1. The van der Waals surface area contributed by atoms with E-state index in [4.69, 9.17) is 4.74 Å². The Balaban J connectivity index is 1.25. The molecule has 0 amide bonds. The predicted octanol–water partition coefficient (Wildman–Crippen LogP) is 2.90. The lowest BCUT2D eigenvalue weighted by Crippen LogP contribution is -2.35. The van der Waals surface area contributed by atoms with E-state index in [0.717, 1.165) is 25.0 Å². The maximum atomic E-state index is 5.48. The summed E-state index contributed by atoms with van der Waals surface area (Å²) >= 11 is 0. The minimum absolute atomic E-state index is 0.680. The summed E-state index contributed by atoms with van der Waals surface area (Å²) < 4.78 is 7.92. The van der Waals surface area contributed by atoms with Crippen LogP contribution in [-0.2, 0) is 11.3 Å². The zero-order chi connectivity index (χ0) is 14.8. The van der Waals surface area contributed by atoms with Crippen molar-refractivity contribution in [2.24, 2.45) is 11.8 Å². The number of hydrogen-bond acceptors (Lipinski definition) is 3. The molecule has 3 fully saturated rings. The number of nitrogens with zero attached hydrogens (tertiary/aromatic N) is 3. The monoisotopic (exact) mass is 303 g/mol. The first-order chi connectivity index (χ1) is 10.9. The smallest absolute Gasteiger partial charge is 0.111 e. The molecule has 22 heavy (non-hydrogen) atoms. The molecule has 0 spiro atoms. The molecule has 0 aromatic carbocycles. The van der Waals surface area contributed by atoms with E-state index in [2.05, 4.69) is 20.6 Å². The Morgan fingerprint density at radius 3 is 2.68 bits per heavy atom. The van der Waals surface area contributed by atoms with Gasteiger partial charge in [-0.25, -0.2) is 4.98 Å². The Kier molecular flexibility index (Phi) is 4.49. The van der Waals surface area contributed by atoms with Gasteiger partial charge in [0.05, 0.1) is 0 Å². The zero-order valence-corrected chi connectivity index (χ0v) is 13.6. The first-order valence-corrected chi connectivity index (χ1v) is 9.19. The van der Waals surface area contributed by atoms with Crippen molar-refractivity contribution in [3.05, 3.63) is 18.2 Å². The predicted molar refractivity (Wildman–Crippen MR) is 86.9 cm³/mol. The Labute approximate surface area is 133 Å². The van der Waals surface area contributed by atoms with Gasteiger partial charge in [-0.2, -0.15) is 0 Å². The van der Waals surface area contributed by atoms with Gasteiger partial charge < -0.3 is 14.2 Å². The van der Waals surface area contributed by atoms with Crippen molar-refractivity contribution in [1.29, 1.82) is 0 Å². The lowest BCUT2D eigenvalue weighted by molar-refractivity contribution is 0.168. The van der Waals surface area contributed by atoms with Crippen LogP contribution >= 0.6 is 0 Å². The number of aromatic nitrogens is 2. The average molecular weight is 303 g/mol. The largest absolute Gasteiger partial charge is 0.381 e. The van der Waals surface area contributed by atoms with Crippen LogP contribution in [0.2, 0.25) is 0 Å². The minimum Gasteiger partial charge on any atom is -0.381 e. The van der Waals surface area contributed by atoms with E-state index in [-0.39, 0.29) is 0 Å². The second-order valence-corrected chi connectivity index (χ2v) is 7.52. The second kappa shape index (κ2) is 6.71. The van der Waals surface area contributed by atoms with E-state index < -0.39 is 0 Å². The molecule has 4 heteroatoms. The van der Waals surface area contributed by atoms with Crippen LogP contribution in [0.5, 0.6) is 0 Å².